The maximum atomic E-state index is 12.9. The Bertz CT molecular complexity index is 790. The molecule has 0 saturated carbocycles. The van der Waals surface area contributed by atoms with E-state index in [0.717, 1.165) is 31.4 Å². The Morgan fingerprint density at radius 1 is 1.07 bits per heavy atom. The van der Waals surface area contributed by atoms with E-state index in [9.17, 15) is 14.0 Å². The quantitative estimate of drug-likeness (QED) is 0.708. The molecular formula is C21H25ClFN3O2. The van der Waals surface area contributed by atoms with Gasteiger partial charge in [0.2, 0.25) is 5.91 Å². The molecule has 2 atom stereocenters. The number of benzene rings is 2. The van der Waals surface area contributed by atoms with Crippen LogP contribution in [0.3, 0.4) is 0 Å². The first-order valence-corrected chi connectivity index (χ1v) is 9.23. The number of hydrogen-bond donors (Lipinski definition) is 3. The Kier molecular flexibility index (Phi) is 7.96. The first kappa shape index (κ1) is 21.9. The molecule has 1 heterocycles. The normalized spacial score (nSPS) is 17.1. The van der Waals surface area contributed by atoms with Crippen LogP contribution in [0.15, 0.2) is 48.5 Å². The van der Waals surface area contributed by atoms with Crippen LogP contribution >= 0.6 is 12.4 Å². The van der Waals surface area contributed by atoms with Crippen molar-refractivity contribution in [3.05, 3.63) is 65.5 Å². The van der Waals surface area contributed by atoms with Gasteiger partial charge < -0.3 is 16.0 Å². The zero-order valence-electron chi connectivity index (χ0n) is 15.7. The second-order valence-corrected chi connectivity index (χ2v) is 6.82. The third-order valence-electron chi connectivity index (χ3n) is 4.76. The summed E-state index contributed by atoms with van der Waals surface area (Å²) < 4.78 is 12.9. The van der Waals surface area contributed by atoms with Gasteiger partial charge in [-0.3, -0.25) is 9.59 Å². The van der Waals surface area contributed by atoms with Gasteiger partial charge in [0, 0.05) is 11.3 Å². The van der Waals surface area contributed by atoms with Gasteiger partial charge in [-0.15, -0.1) is 12.4 Å². The molecule has 150 valence electrons. The highest BCUT2D eigenvalue weighted by molar-refractivity contribution is 6.04. The maximum Gasteiger partial charge on any atom is 0.255 e. The third-order valence-corrected chi connectivity index (χ3v) is 4.76. The smallest absolute Gasteiger partial charge is 0.255 e. The fourth-order valence-corrected chi connectivity index (χ4v) is 3.13. The molecule has 0 spiro atoms. The van der Waals surface area contributed by atoms with E-state index in [2.05, 4.69) is 16.0 Å². The molecule has 1 fully saturated rings. The number of carbonyl (C=O) groups excluding carboxylic acids is 2. The first-order valence-electron chi connectivity index (χ1n) is 9.23. The highest BCUT2D eigenvalue weighted by Gasteiger charge is 2.22. The van der Waals surface area contributed by atoms with Gasteiger partial charge in [-0.25, -0.2) is 4.39 Å². The molecule has 28 heavy (non-hydrogen) atoms. The molecule has 0 radical (unpaired) electrons. The predicted octanol–water partition coefficient (Wildman–Crippen LogP) is 3.82. The first-order chi connectivity index (χ1) is 13.0. The predicted molar refractivity (Wildman–Crippen MR) is 110 cm³/mol. The Morgan fingerprint density at radius 3 is 2.36 bits per heavy atom. The van der Waals surface area contributed by atoms with Crippen molar-refractivity contribution in [3.8, 4) is 0 Å². The number of carbonyl (C=O) groups is 2. The van der Waals surface area contributed by atoms with Crippen molar-refractivity contribution in [1.82, 2.24) is 10.6 Å². The van der Waals surface area contributed by atoms with Gasteiger partial charge in [0.15, 0.2) is 0 Å². The zero-order valence-corrected chi connectivity index (χ0v) is 16.5. The molecule has 3 rings (SSSR count). The lowest BCUT2D eigenvalue weighted by Crippen LogP contribution is -2.47. The van der Waals surface area contributed by atoms with Crippen molar-refractivity contribution in [3.63, 3.8) is 0 Å². The summed E-state index contributed by atoms with van der Waals surface area (Å²) in [7, 11) is 0. The number of nitrogens with one attached hydrogen (secondary N) is 3. The van der Waals surface area contributed by atoms with Crippen LogP contribution in [0, 0.1) is 5.82 Å². The summed E-state index contributed by atoms with van der Waals surface area (Å²) in [6, 6.07) is 12.5. The molecule has 2 unspecified atom stereocenters. The standard InChI is InChI=1S/C21H24FN3O2.ClH/c1-14(24-21(27)19-4-2-3-13-23-19)15-7-11-18(12-8-15)25-20(26)16-5-9-17(22)10-6-16;/h5-12,14,19,23H,2-4,13H2,1H3,(H,24,27)(H,25,26);1H. The van der Waals surface area contributed by atoms with Crippen LogP contribution in [-0.2, 0) is 4.79 Å². The summed E-state index contributed by atoms with van der Waals surface area (Å²) in [4.78, 5) is 24.5. The minimum Gasteiger partial charge on any atom is -0.348 e. The zero-order chi connectivity index (χ0) is 19.2. The molecule has 0 aromatic heterocycles. The Labute approximate surface area is 170 Å². The minimum atomic E-state index is -0.379. The van der Waals surface area contributed by atoms with Crippen LogP contribution in [0.1, 0.15) is 48.1 Å². The summed E-state index contributed by atoms with van der Waals surface area (Å²) in [5.74, 6) is -0.654. The molecule has 0 bridgehead atoms. The van der Waals surface area contributed by atoms with Gasteiger partial charge in [0.25, 0.3) is 5.91 Å². The van der Waals surface area contributed by atoms with E-state index in [0.29, 0.717) is 11.3 Å². The van der Waals surface area contributed by atoms with E-state index in [1.807, 2.05) is 19.1 Å². The number of hydrogen-bond acceptors (Lipinski definition) is 3. The molecule has 3 N–H and O–H groups in total. The van der Waals surface area contributed by atoms with Gasteiger partial charge in [-0.1, -0.05) is 18.6 Å². The molecule has 1 aliphatic rings. The summed E-state index contributed by atoms with van der Waals surface area (Å²) >= 11 is 0. The van der Waals surface area contributed by atoms with Gasteiger partial charge in [0.05, 0.1) is 12.1 Å². The lowest BCUT2D eigenvalue weighted by molar-refractivity contribution is -0.124. The Balaban J connectivity index is 0.00000280. The molecule has 0 aliphatic carbocycles. The molecule has 5 nitrogen and oxygen atoms in total. The number of halogens is 2. The Morgan fingerprint density at radius 2 is 1.75 bits per heavy atom. The maximum absolute atomic E-state index is 12.9. The van der Waals surface area contributed by atoms with E-state index < -0.39 is 0 Å². The second kappa shape index (κ2) is 10.2. The summed E-state index contributed by atoms with van der Waals surface area (Å²) in [5.41, 5.74) is 1.99. The van der Waals surface area contributed by atoms with Gasteiger partial charge >= 0.3 is 0 Å². The molecule has 1 saturated heterocycles. The van der Waals surface area contributed by atoms with Crippen LogP contribution in [-0.4, -0.2) is 24.4 Å². The highest BCUT2D eigenvalue weighted by Crippen LogP contribution is 2.18. The lowest BCUT2D eigenvalue weighted by Gasteiger charge is -2.24. The summed E-state index contributed by atoms with van der Waals surface area (Å²) in [6.07, 6.45) is 3.05. The molecular weight excluding hydrogens is 381 g/mol. The van der Waals surface area contributed by atoms with Crippen LogP contribution in [0.5, 0.6) is 0 Å². The SMILES string of the molecule is CC(NC(=O)C1CCCCN1)c1ccc(NC(=O)c2ccc(F)cc2)cc1.Cl. The van der Waals surface area contributed by atoms with E-state index >= 15 is 0 Å². The molecule has 2 aromatic carbocycles. The monoisotopic (exact) mass is 405 g/mol. The molecule has 2 amide bonds. The van der Waals surface area contributed by atoms with Crippen LogP contribution in [0.25, 0.3) is 0 Å². The largest absolute Gasteiger partial charge is 0.348 e. The molecule has 2 aromatic rings. The number of piperidine rings is 1. The molecule has 7 heteroatoms. The van der Waals surface area contributed by atoms with Crippen molar-refractivity contribution in [2.24, 2.45) is 0 Å². The van der Waals surface area contributed by atoms with E-state index in [1.54, 1.807) is 12.1 Å². The van der Waals surface area contributed by atoms with Crippen molar-refractivity contribution >= 4 is 29.9 Å². The Hall–Kier alpha value is -2.44. The van der Waals surface area contributed by atoms with Crippen molar-refractivity contribution in [2.45, 2.75) is 38.3 Å². The van der Waals surface area contributed by atoms with Crippen molar-refractivity contribution in [2.75, 3.05) is 11.9 Å². The van der Waals surface area contributed by atoms with Gasteiger partial charge in [-0.05, 0) is 68.3 Å². The van der Waals surface area contributed by atoms with Crippen molar-refractivity contribution in [1.29, 1.82) is 0 Å². The highest BCUT2D eigenvalue weighted by atomic mass is 35.5. The fourth-order valence-electron chi connectivity index (χ4n) is 3.13. The fraction of sp³-hybridized carbons (Fsp3) is 0.333. The average molecular weight is 406 g/mol. The average Bonchev–Trinajstić information content (AvgIpc) is 2.69. The topological polar surface area (TPSA) is 70.2 Å². The summed E-state index contributed by atoms with van der Waals surface area (Å²) in [5, 5.41) is 9.05. The minimum absolute atomic E-state index is 0. The molecule has 1 aliphatic heterocycles. The van der Waals surface area contributed by atoms with Crippen LogP contribution in [0.4, 0.5) is 10.1 Å². The second-order valence-electron chi connectivity index (χ2n) is 6.82. The van der Waals surface area contributed by atoms with Crippen molar-refractivity contribution < 1.29 is 14.0 Å². The lowest BCUT2D eigenvalue weighted by atomic mass is 10.0. The van der Waals surface area contributed by atoms with E-state index in [4.69, 9.17) is 0 Å². The van der Waals surface area contributed by atoms with Gasteiger partial charge in [0.1, 0.15) is 5.82 Å². The van der Waals surface area contributed by atoms with E-state index in [1.165, 1.54) is 24.3 Å². The van der Waals surface area contributed by atoms with Gasteiger partial charge in [-0.2, -0.15) is 0 Å². The van der Waals surface area contributed by atoms with Crippen LogP contribution < -0.4 is 16.0 Å². The van der Waals surface area contributed by atoms with E-state index in [-0.39, 0.29) is 42.1 Å². The number of rotatable bonds is 5. The number of anilines is 1. The third kappa shape index (κ3) is 5.78. The van der Waals surface area contributed by atoms with Crippen LogP contribution in [0.2, 0.25) is 0 Å². The number of amides is 2. The summed E-state index contributed by atoms with van der Waals surface area (Å²) in [6.45, 7) is 2.82.